The fourth-order valence-electron chi connectivity index (χ4n) is 7.88. The van der Waals surface area contributed by atoms with Crippen molar-refractivity contribution in [2.45, 2.75) is 78.8 Å². The fraction of sp³-hybridized carbons (Fsp3) is 0.576. The van der Waals surface area contributed by atoms with E-state index in [0.29, 0.717) is 24.4 Å². The molecule has 0 unspecified atom stereocenters. The molecule has 2 bridgehead atoms. The van der Waals surface area contributed by atoms with Crippen LogP contribution in [0.2, 0.25) is 0 Å². The van der Waals surface area contributed by atoms with Crippen LogP contribution in [0, 0.1) is 28.1 Å². The molecule has 230 valence electrons. The van der Waals surface area contributed by atoms with Crippen molar-refractivity contribution in [1.82, 2.24) is 0 Å². The minimum Gasteiger partial charge on any atom is -0.492 e. The van der Waals surface area contributed by atoms with E-state index in [1.807, 2.05) is 38.1 Å². The molecule has 2 saturated carbocycles. The number of carbonyl (C=O) groups is 4. The number of rotatable bonds is 0. The van der Waals surface area contributed by atoms with Crippen LogP contribution < -0.4 is 0 Å². The van der Waals surface area contributed by atoms with Crippen molar-refractivity contribution < 1.29 is 47.6 Å². The van der Waals surface area contributed by atoms with Crippen molar-refractivity contribution in [3.8, 4) is 0 Å². The first-order chi connectivity index (χ1) is 20.1. The molecular weight excluding hydrogens is 556 g/mol. The predicted octanol–water partition coefficient (Wildman–Crippen LogP) is 4.30. The van der Waals surface area contributed by atoms with Gasteiger partial charge in [-0.15, -0.1) is 0 Å². The lowest BCUT2D eigenvalue weighted by Crippen LogP contribution is -2.66. The fourth-order valence-corrected chi connectivity index (χ4v) is 7.88. The summed E-state index contributed by atoms with van der Waals surface area (Å²) in [6, 6.07) is 7.54. The van der Waals surface area contributed by atoms with Gasteiger partial charge < -0.3 is 28.4 Å². The number of ether oxygens (including phenoxy) is 6. The van der Waals surface area contributed by atoms with Gasteiger partial charge in [0.05, 0.1) is 48.0 Å². The Morgan fingerprint density at radius 3 is 1.33 bits per heavy atom. The molecule has 0 aromatic heterocycles. The van der Waals surface area contributed by atoms with Crippen LogP contribution in [-0.2, 0) is 60.8 Å². The lowest BCUT2D eigenvalue weighted by atomic mass is 9.51. The summed E-state index contributed by atoms with van der Waals surface area (Å²) in [5.74, 6) is -2.14. The van der Waals surface area contributed by atoms with Gasteiger partial charge in [0.15, 0.2) is 0 Å². The summed E-state index contributed by atoms with van der Waals surface area (Å²) in [5, 5.41) is 0. The molecule has 0 N–H and O–H groups in total. The van der Waals surface area contributed by atoms with Crippen LogP contribution in [0.5, 0.6) is 0 Å². The molecule has 2 aliphatic carbocycles. The topological polar surface area (TPSA) is 124 Å². The van der Waals surface area contributed by atoms with Crippen LogP contribution >= 0.6 is 0 Å². The smallest absolute Gasteiger partial charge is 0.334 e. The number of fused-ring (bicyclic) bond motifs is 10. The highest BCUT2D eigenvalue weighted by molar-refractivity contribution is 5.88. The normalized spacial score (nSPS) is 38.7. The van der Waals surface area contributed by atoms with Gasteiger partial charge in [-0.3, -0.25) is 9.59 Å². The molecule has 2 fully saturated rings. The summed E-state index contributed by atoms with van der Waals surface area (Å²) in [4.78, 5) is 51.9. The largest absolute Gasteiger partial charge is 0.492 e. The predicted molar refractivity (Wildman–Crippen MR) is 149 cm³/mol. The minimum absolute atomic E-state index is 0.00763. The van der Waals surface area contributed by atoms with E-state index in [0.717, 1.165) is 11.1 Å². The van der Waals surface area contributed by atoms with Gasteiger partial charge >= 0.3 is 23.9 Å². The van der Waals surface area contributed by atoms with Crippen molar-refractivity contribution >= 4 is 23.9 Å². The second-order valence-electron chi connectivity index (χ2n) is 14.3. The highest BCUT2D eigenvalue weighted by Crippen LogP contribution is 2.62. The van der Waals surface area contributed by atoms with Crippen LogP contribution in [-0.4, -0.2) is 48.3 Å². The molecule has 4 aliphatic heterocycles. The summed E-state index contributed by atoms with van der Waals surface area (Å²) in [6.07, 6.45) is 3.20. The summed E-state index contributed by atoms with van der Waals surface area (Å²) in [6.45, 7) is 11.3. The first-order valence-corrected chi connectivity index (χ1v) is 14.6. The quantitative estimate of drug-likeness (QED) is 0.317. The van der Waals surface area contributed by atoms with E-state index >= 15 is 0 Å². The summed E-state index contributed by atoms with van der Waals surface area (Å²) in [5.41, 5.74) is -2.71. The average molecular weight is 595 g/mol. The minimum atomic E-state index is -0.973. The van der Waals surface area contributed by atoms with E-state index in [-0.39, 0.29) is 26.4 Å². The Morgan fingerprint density at radius 2 is 0.953 bits per heavy atom. The van der Waals surface area contributed by atoms with Gasteiger partial charge in [-0.25, -0.2) is 9.59 Å². The van der Waals surface area contributed by atoms with Gasteiger partial charge in [0.1, 0.15) is 35.9 Å². The Morgan fingerprint density at radius 1 is 0.581 bits per heavy atom. The number of hydrogen-bond donors (Lipinski definition) is 0. The molecule has 0 saturated heterocycles. The summed E-state index contributed by atoms with van der Waals surface area (Å²) < 4.78 is 35.2. The van der Waals surface area contributed by atoms with E-state index in [1.54, 1.807) is 27.7 Å². The van der Waals surface area contributed by atoms with E-state index in [9.17, 15) is 19.2 Å². The maximum Gasteiger partial charge on any atom is 0.334 e. The zero-order valence-corrected chi connectivity index (χ0v) is 25.4. The maximum absolute atomic E-state index is 13.5. The van der Waals surface area contributed by atoms with Crippen LogP contribution in [0.25, 0.3) is 0 Å². The molecule has 0 amide bonds. The van der Waals surface area contributed by atoms with Gasteiger partial charge in [-0.1, -0.05) is 38.1 Å². The number of esters is 4. The molecule has 1 aromatic rings. The summed E-state index contributed by atoms with van der Waals surface area (Å²) in [7, 11) is 0. The number of hydrogen-bond acceptors (Lipinski definition) is 10. The standard InChI is InChI=1S/C33H38O10/c1-29(2)17-40-27(36)30(3)15-32(5)25(30)21(11-23(34)42-32)38-13-19-7-9-20(10-8-19)14-39-22-12-24(35)43-33(6)16-31(4,26(22)33)28(37)41-18-29/h7-12,25-26H,13-18H2,1-6H3/t25-,26-,30+,31+,32+,33+/m1/s1. The third kappa shape index (κ3) is 4.79. The van der Waals surface area contributed by atoms with Crippen LogP contribution in [0.3, 0.4) is 0 Å². The molecule has 6 atom stereocenters. The third-order valence-corrected chi connectivity index (χ3v) is 9.64. The van der Waals surface area contributed by atoms with Gasteiger partial charge in [-0.2, -0.15) is 0 Å². The summed E-state index contributed by atoms with van der Waals surface area (Å²) >= 11 is 0. The molecule has 10 heteroatoms. The molecule has 7 rings (SSSR count). The molecule has 1 aromatic carbocycles. The number of benzene rings is 1. The van der Waals surface area contributed by atoms with E-state index in [2.05, 4.69) is 0 Å². The highest BCUT2D eigenvalue weighted by Gasteiger charge is 2.70. The van der Waals surface area contributed by atoms with Crippen molar-refractivity contribution in [3.05, 3.63) is 59.1 Å². The molecular formula is C33H38O10. The lowest BCUT2D eigenvalue weighted by Gasteiger charge is -2.58. The molecule has 6 aliphatic rings. The first-order valence-electron chi connectivity index (χ1n) is 14.6. The second-order valence-corrected chi connectivity index (χ2v) is 14.3. The highest BCUT2D eigenvalue weighted by atomic mass is 16.6. The monoisotopic (exact) mass is 594 g/mol. The molecule has 0 radical (unpaired) electrons. The van der Waals surface area contributed by atoms with E-state index in [4.69, 9.17) is 28.4 Å². The van der Waals surface area contributed by atoms with Gasteiger partial charge in [0, 0.05) is 18.3 Å². The van der Waals surface area contributed by atoms with E-state index in [1.165, 1.54) is 12.2 Å². The molecule has 0 spiro atoms. The van der Waals surface area contributed by atoms with Crippen molar-refractivity contribution in [2.75, 3.05) is 13.2 Å². The molecule has 10 nitrogen and oxygen atoms in total. The Kier molecular flexibility index (Phi) is 6.53. The second kappa shape index (κ2) is 9.59. The molecule has 43 heavy (non-hydrogen) atoms. The Labute approximate surface area is 250 Å². The maximum atomic E-state index is 13.5. The van der Waals surface area contributed by atoms with Gasteiger partial charge in [-0.05, 0) is 38.8 Å². The average Bonchev–Trinajstić information content (AvgIpc) is 2.90. The Hall–Kier alpha value is -3.82. The van der Waals surface area contributed by atoms with Crippen molar-refractivity contribution in [1.29, 1.82) is 0 Å². The van der Waals surface area contributed by atoms with Crippen LogP contribution in [0.1, 0.15) is 65.5 Å². The SMILES string of the molecule is CC1(C)COC(=O)[C@@]2(C)C[C@]3(C)OC(=O)C=C(OCc4ccc(cc4)COC4=CC(=O)O[C@@]5(C)C[C@](C)(C(=O)OC1)[C@@H]45)[C@@H]32. The number of carbonyl (C=O) groups excluding carboxylic acids is 4. The van der Waals surface area contributed by atoms with Gasteiger partial charge in [0.25, 0.3) is 0 Å². The van der Waals surface area contributed by atoms with Crippen LogP contribution in [0.4, 0.5) is 0 Å². The Bertz CT molecular complexity index is 1350. The first kappa shape index (κ1) is 29.3. The zero-order chi connectivity index (χ0) is 31.0. The van der Waals surface area contributed by atoms with E-state index < -0.39 is 63.2 Å². The van der Waals surface area contributed by atoms with Crippen LogP contribution in [0.15, 0.2) is 47.9 Å². The van der Waals surface area contributed by atoms with Crippen molar-refractivity contribution in [3.63, 3.8) is 0 Å². The zero-order valence-electron chi connectivity index (χ0n) is 25.4. The molecule has 4 heterocycles. The Balaban J connectivity index is 1.30. The third-order valence-electron chi connectivity index (χ3n) is 9.64. The van der Waals surface area contributed by atoms with Crippen molar-refractivity contribution in [2.24, 2.45) is 28.1 Å². The van der Waals surface area contributed by atoms with Gasteiger partial charge in [0.2, 0.25) is 0 Å². The lowest BCUT2D eigenvalue weighted by molar-refractivity contribution is -0.229.